The number of nitrogens with zero attached hydrogens (tertiary/aromatic N) is 1. The molecule has 1 atom stereocenters. The molecule has 1 aromatic rings. The first-order chi connectivity index (χ1) is 8.75. The maximum Gasteiger partial charge on any atom is 0.0695 e. The van der Waals surface area contributed by atoms with Gasteiger partial charge in [0.05, 0.1) is 6.10 Å². The Kier molecular flexibility index (Phi) is 5.21. The summed E-state index contributed by atoms with van der Waals surface area (Å²) in [4.78, 5) is 2.23. The maximum atomic E-state index is 10.3. The van der Waals surface area contributed by atoms with Gasteiger partial charge in [-0.3, -0.25) is 4.90 Å². The van der Waals surface area contributed by atoms with Crippen molar-refractivity contribution >= 4 is 0 Å². The standard InChI is InChI=1S/C16H25NO/c1-17(12-14-8-4-2-5-9-14)13-16(18)15-10-6-3-7-11-15/h2,4-5,8-9,15-16,18H,3,6-7,10-13H2,1H3. The average Bonchev–Trinajstić information content (AvgIpc) is 2.40. The highest BCUT2D eigenvalue weighted by Crippen LogP contribution is 2.26. The lowest BCUT2D eigenvalue weighted by molar-refractivity contribution is 0.0531. The molecule has 100 valence electrons. The van der Waals surface area contributed by atoms with Gasteiger partial charge in [0.1, 0.15) is 0 Å². The van der Waals surface area contributed by atoms with Crippen molar-refractivity contribution in [2.75, 3.05) is 13.6 Å². The van der Waals surface area contributed by atoms with Crippen LogP contribution in [-0.2, 0) is 6.54 Å². The van der Waals surface area contributed by atoms with E-state index in [0.29, 0.717) is 5.92 Å². The first-order valence-corrected chi connectivity index (χ1v) is 7.16. The summed E-state index contributed by atoms with van der Waals surface area (Å²) in [6, 6.07) is 10.5. The van der Waals surface area contributed by atoms with Crippen molar-refractivity contribution in [2.24, 2.45) is 5.92 Å². The maximum absolute atomic E-state index is 10.3. The summed E-state index contributed by atoms with van der Waals surface area (Å²) in [5.41, 5.74) is 1.32. The molecule has 1 aliphatic carbocycles. The van der Waals surface area contributed by atoms with E-state index in [1.54, 1.807) is 0 Å². The van der Waals surface area contributed by atoms with E-state index in [4.69, 9.17) is 0 Å². The topological polar surface area (TPSA) is 23.5 Å². The second-order valence-corrected chi connectivity index (χ2v) is 5.65. The van der Waals surface area contributed by atoms with Crippen LogP contribution >= 0.6 is 0 Å². The van der Waals surface area contributed by atoms with Crippen LogP contribution in [0.5, 0.6) is 0 Å². The molecule has 2 heteroatoms. The molecular formula is C16H25NO. The molecule has 2 rings (SSSR count). The molecule has 0 heterocycles. The predicted molar refractivity (Wildman–Crippen MR) is 75.4 cm³/mol. The normalized spacial score (nSPS) is 19.1. The fourth-order valence-corrected chi connectivity index (χ4v) is 2.95. The Labute approximate surface area is 111 Å². The van der Waals surface area contributed by atoms with E-state index in [1.807, 2.05) is 6.07 Å². The molecule has 0 radical (unpaired) electrons. The van der Waals surface area contributed by atoms with E-state index < -0.39 is 0 Å². The molecule has 1 aliphatic rings. The van der Waals surface area contributed by atoms with E-state index >= 15 is 0 Å². The Morgan fingerprint density at radius 2 is 1.83 bits per heavy atom. The van der Waals surface area contributed by atoms with Gasteiger partial charge in [-0.25, -0.2) is 0 Å². The fourth-order valence-electron chi connectivity index (χ4n) is 2.95. The molecule has 0 bridgehead atoms. The average molecular weight is 247 g/mol. The number of aliphatic hydroxyl groups is 1. The van der Waals surface area contributed by atoms with Crippen molar-refractivity contribution in [2.45, 2.75) is 44.8 Å². The Bertz CT molecular complexity index is 332. The molecule has 1 unspecified atom stereocenters. The highest BCUT2D eigenvalue weighted by Gasteiger charge is 2.22. The van der Waals surface area contributed by atoms with Crippen molar-refractivity contribution in [3.05, 3.63) is 35.9 Å². The summed E-state index contributed by atoms with van der Waals surface area (Å²) in [5.74, 6) is 0.525. The Morgan fingerprint density at radius 1 is 1.17 bits per heavy atom. The van der Waals surface area contributed by atoms with Crippen LogP contribution in [0.3, 0.4) is 0 Å². The number of hydrogen-bond acceptors (Lipinski definition) is 2. The molecule has 1 fully saturated rings. The molecule has 18 heavy (non-hydrogen) atoms. The Balaban J connectivity index is 1.77. The highest BCUT2D eigenvalue weighted by atomic mass is 16.3. The first-order valence-electron chi connectivity index (χ1n) is 7.16. The van der Waals surface area contributed by atoms with Gasteiger partial charge in [-0.05, 0) is 31.4 Å². The van der Waals surface area contributed by atoms with Gasteiger partial charge < -0.3 is 5.11 Å². The largest absolute Gasteiger partial charge is 0.392 e. The lowest BCUT2D eigenvalue weighted by Gasteiger charge is -2.29. The highest BCUT2D eigenvalue weighted by molar-refractivity contribution is 5.14. The van der Waals surface area contributed by atoms with Gasteiger partial charge in [-0.1, -0.05) is 49.6 Å². The predicted octanol–water partition coefficient (Wildman–Crippen LogP) is 3.06. The molecular weight excluding hydrogens is 222 g/mol. The van der Waals surface area contributed by atoms with Crippen LogP contribution in [0.1, 0.15) is 37.7 Å². The van der Waals surface area contributed by atoms with Crippen molar-refractivity contribution in [3.63, 3.8) is 0 Å². The van der Waals surface area contributed by atoms with Gasteiger partial charge in [0.25, 0.3) is 0 Å². The third-order valence-corrected chi connectivity index (χ3v) is 3.99. The molecule has 1 aromatic carbocycles. The van der Waals surface area contributed by atoms with Gasteiger partial charge in [0, 0.05) is 13.1 Å². The lowest BCUT2D eigenvalue weighted by atomic mass is 9.85. The zero-order valence-electron chi connectivity index (χ0n) is 11.4. The number of hydrogen-bond donors (Lipinski definition) is 1. The SMILES string of the molecule is CN(Cc1ccccc1)CC(O)C1CCCCC1. The minimum Gasteiger partial charge on any atom is -0.392 e. The van der Waals surface area contributed by atoms with Crippen LogP contribution in [0.15, 0.2) is 30.3 Å². The van der Waals surface area contributed by atoms with Crippen LogP contribution in [0.25, 0.3) is 0 Å². The van der Waals surface area contributed by atoms with Crippen molar-refractivity contribution in [1.29, 1.82) is 0 Å². The molecule has 0 saturated heterocycles. The van der Waals surface area contributed by atoms with Gasteiger partial charge in [-0.15, -0.1) is 0 Å². The third-order valence-electron chi connectivity index (χ3n) is 3.99. The molecule has 0 spiro atoms. The molecule has 0 aromatic heterocycles. The summed E-state index contributed by atoms with van der Waals surface area (Å²) in [7, 11) is 2.10. The van der Waals surface area contributed by atoms with Crippen LogP contribution in [-0.4, -0.2) is 29.7 Å². The monoisotopic (exact) mass is 247 g/mol. The molecule has 1 saturated carbocycles. The van der Waals surface area contributed by atoms with Gasteiger partial charge in [0.15, 0.2) is 0 Å². The smallest absolute Gasteiger partial charge is 0.0695 e. The number of rotatable bonds is 5. The van der Waals surface area contributed by atoms with Crippen LogP contribution in [0.4, 0.5) is 0 Å². The van der Waals surface area contributed by atoms with Crippen LogP contribution in [0.2, 0.25) is 0 Å². The molecule has 1 N–H and O–H groups in total. The van der Waals surface area contributed by atoms with Gasteiger partial charge in [-0.2, -0.15) is 0 Å². The second-order valence-electron chi connectivity index (χ2n) is 5.65. The fraction of sp³-hybridized carbons (Fsp3) is 0.625. The number of aliphatic hydroxyl groups excluding tert-OH is 1. The molecule has 2 nitrogen and oxygen atoms in total. The van der Waals surface area contributed by atoms with E-state index in [0.717, 1.165) is 13.1 Å². The summed E-state index contributed by atoms with van der Waals surface area (Å²) in [6.45, 7) is 1.71. The lowest BCUT2D eigenvalue weighted by Crippen LogP contribution is -2.34. The van der Waals surface area contributed by atoms with Gasteiger partial charge in [0.2, 0.25) is 0 Å². The number of benzene rings is 1. The minimum atomic E-state index is -0.154. The third kappa shape index (κ3) is 4.11. The van der Waals surface area contributed by atoms with E-state index in [-0.39, 0.29) is 6.10 Å². The van der Waals surface area contributed by atoms with Crippen molar-refractivity contribution in [3.8, 4) is 0 Å². The van der Waals surface area contributed by atoms with Crippen molar-refractivity contribution in [1.82, 2.24) is 4.90 Å². The van der Waals surface area contributed by atoms with Crippen LogP contribution < -0.4 is 0 Å². The van der Waals surface area contributed by atoms with Crippen molar-refractivity contribution < 1.29 is 5.11 Å². The minimum absolute atomic E-state index is 0.154. The van der Waals surface area contributed by atoms with E-state index in [9.17, 15) is 5.11 Å². The zero-order chi connectivity index (χ0) is 12.8. The van der Waals surface area contributed by atoms with E-state index in [1.165, 1.54) is 37.7 Å². The summed E-state index contributed by atoms with van der Waals surface area (Å²) >= 11 is 0. The first kappa shape index (κ1) is 13.6. The molecule has 0 aliphatic heterocycles. The summed E-state index contributed by atoms with van der Waals surface area (Å²) < 4.78 is 0. The Hall–Kier alpha value is -0.860. The Morgan fingerprint density at radius 3 is 2.50 bits per heavy atom. The van der Waals surface area contributed by atoms with E-state index in [2.05, 4.69) is 36.2 Å². The second kappa shape index (κ2) is 6.91. The van der Waals surface area contributed by atoms with Crippen LogP contribution in [0, 0.1) is 5.92 Å². The summed E-state index contributed by atoms with van der Waals surface area (Å²) in [6.07, 6.45) is 6.21. The number of likely N-dealkylation sites (N-methyl/N-ethyl adjacent to an activating group) is 1. The molecule has 0 amide bonds. The zero-order valence-corrected chi connectivity index (χ0v) is 11.4. The summed E-state index contributed by atoms with van der Waals surface area (Å²) in [5, 5.41) is 10.3. The quantitative estimate of drug-likeness (QED) is 0.864. The van der Waals surface area contributed by atoms with Gasteiger partial charge >= 0.3 is 0 Å².